The number of rotatable bonds is 3. The Kier molecular flexibility index (Phi) is 4.72. The monoisotopic (exact) mass is 353 g/mol. The number of nitrogens with zero attached hydrogens (tertiary/aromatic N) is 1. The Morgan fingerprint density at radius 3 is 2.62 bits per heavy atom. The normalized spacial score (nSPS) is 13.8. The van der Waals surface area contributed by atoms with E-state index in [0.717, 1.165) is 5.56 Å². The second kappa shape index (κ2) is 6.83. The Bertz CT molecular complexity index is 851. The van der Waals surface area contributed by atoms with Gasteiger partial charge in [0.05, 0.1) is 5.69 Å². The molecule has 0 saturated carbocycles. The number of esters is 1. The topological polar surface area (TPSA) is 55.8 Å². The van der Waals surface area contributed by atoms with Crippen LogP contribution in [0.3, 0.4) is 0 Å². The zero-order valence-corrected chi connectivity index (χ0v) is 15.5. The summed E-state index contributed by atoms with van der Waals surface area (Å²) in [5.41, 5.74) is 2.67. The summed E-state index contributed by atoms with van der Waals surface area (Å²) in [5.74, 6) is 0.352. The second-order valence-electron chi connectivity index (χ2n) is 7.44. The highest BCUT2D eigenvalue weighted by Crippen LogP contribution is 2.32. The number of ether oxygens (including phenoxy) is 2. The van der Waals surface area contributed by atoms with Crippen LogP contribution in [0.25, 0.3) is 0 Å². The van der Waals surface area contributed by atoms with E-state index in [0.29, 0.717) is 17.2 Å². The lowest BCUT2D eigenvalue weighted by Gasteiger charge is -2.28. The van der Waals surface area contributed by atoms with Crippen LogP contribution in [-0.4, -0.2) is 25.0 Å². The molecule has 5 heteroatoms. The maximum absolute atomic E-state index is 12.4. The average Bonchev–Trinajstić information content (AvgIpc) is 2.58. The quantitative estimate of drug-likeness (QED) is 0.625. The van der Waals surface area contributed by atoms with Gasteiger partial charge in [-0.3, -0.25) is 9.69 Å². The van der Waals surface area contributed by atoms with Gasteiger partial charge in [0, 0.05) is 0 Å². The van der Waals surface area contributed by atoms with Crippen LogP contribution in [0.2, 0.25) is 0 Å². The van der Waals surface area contributed by atoms with Crippen molar-refractivity contribution in [3.63, 3.8) is 0 Å². The number of carbonyl (C=O) groups is 2. The third-order valence-electron chi connectivity index (χ3n) is 4.36. The fourth-order valence-electron chi connectivity index (χ4n) is 2.84. The minimum absolute atomic E-state index is 0.0250. The first-order chi connectivity index (χ1) is 12.3. The number of fused-ring (bicyclic) bond motifs is 1. The molecule has 0 aliphatic carbocycles. The van der Waals surface area contributed by atoms with Crippen molar-refractivity contribution in [1.29, 1.82) is 0 Å². The van der Waals surface area contributed by atoms with Crippen molar-refractivity contribution in [1.82, 2.24) is 0 Å². The van der Waals surface area contributed by atoms with Gasteiger partial charge in [-0.1, -0.05) is 45.0 Å². The van der Waals surface area contributed by atoms with E-state index in [-0.39, 0.29) is 24.5 Å². The summed E-state index contributed by atoms with van der Waals surface area (Å²) >= 11 is 0. The highest BCUT2D eigenvalue weighted by atomic mass is 16.5. The maximum Gasteiger partial charge on any atom is 0.331 e. The molecule has 2 aromatic carbocycles. The number of amides is 1. The van der Waals surface area contributed by atoms with Gasteiger partial charge in [0.15, 0.2) is 6.61 Å². The van der Waals surface area contributed by atoms with Gasteiger partial charge in [0.2, 0.25) is 0 Å². The van der Waals surface area contributed by atoms with Crippen LogP contribution in [0.5, 0.6) is 11.5 Å². The zero-order chi connectivity index (χ0) is 18.9. The third kappa shape index (κ3) is 3.72. The lowest BCUT2D eigenvalue weighted by molar-refractivity contribution is -0.134. The second-order valence-corrected chi connectivity index (χ2v) is 7.44. The van der Waals surface area contributed by atoms with Gasteiger partial charge >= 0.3 is 5.97 Å². The molecule has 0 N–H and O–H groups in total. The highest BCUT2D eigenvalue weighted by Gasteiger charge is 2.28. The van der Waals surface area contributed by atoms with E-state index in [1.165, 1.54) is 10.5 Å². The Hall–Kier alpha value is -2.82. The largest absolute Gasteiger partial charge is 0.482 e. The molecule has 2 aromatic rings. The van der Waals surface area contributed by atoms with Crippen LogP contribution in [0.15, 0.2) is 42.5 Å². The fraction of sp³-hybridized carbons (Fsp3) is 0.333. The standard InChI is InChI=1S/C21H23NO4/c1-14-11-15(21(2,3)4)9-10-17(14)26-20(24)12-22-16-7-5-6-8-18(16)25-13-19(22)23/h5-11H,12-13H2,1-4H3. The summed E-state index contributed by atoms with van der Waals surface area (Å²) < 4.78 is 10.9. The highest BCUT2D eigenvalue weighted by molar-refractivity contribution is 6.01. The molecule has 26 heavy (non-hydrogen) atoms. The number of carbonyl (C=O) groups excluding carboxylic acids is 2. The summed E-state index contributed by atoms with van der Waals surface area (Å²) in [6, 6.07) is 12.9. The molecule has 0 saturated heterocycles. The van der Waals surface area contributed by atoms with Crippen molar-refractivity contribution < 1.29 is 19.1 Å². The van der Waals surface area contributed by atoms with Gasteiger partial charge in [-0.2, -0.15) is 0 Å². The van der Waals surface area contributed by atoms with Crippen LogP contribution in [0.4, 0.5) is 5.69 Å². The molecule has 1 heterocycles. The van der Waals surface area contributed by atoms with Gasteiger partial charge in [0.1, 0.15) is 18.0 Å². The Morgan fingerprint density at radius 2 is 1.92 bits per heavy atom. The van der Waals surface area contributed by atoms with Crippen LogP contribution >= 0.6 is 0 Å². The lowest BCUT2D eigenvalue weighted by atomic mass is 9.86. The number of hydrogen-bond acceptors (Lipinski definition) is 4. The molecule has 0 unspecified atom stereocenters. The number of hydrogen-bond donors (Lipinski definition) is 0. The number of anilines is 1. The summed E-state index contributed by atoms with van der Waals surface area (Å²) in [6.45, 7) is 8.08. The molecular weight excluding hydrogens is 330 g/mol. The molecule has 0 atom stereocenters. The zero-order valence-electron chi connectivity index (χ0n) is 15.5. The van der Waals surface area contributed by atoms with Crippen molar-refractivity contribution in [3.8, 4) is 11.5 Å². The molecule has 1 aliphatic rings. The van der Waals surface area contributed by atoms with Gasteiger partial charge in [-0.05, 0) is 41.7 Å². The van der Waals surface area contributed by atoms with Gasteiger partial charge in [-0.15, -0.1) is 0 Å². The summed E-state index contributed by atoms with van der Waals surface area (Å²) in [7, 11) is 0. The fourth-order valence-corrected chi connectivity index (χ4v) is 2.84. The van der Waals surface area contributed by atoms with Crippen molar-refractivity contribution in [2.24, 2.45) is 0 Å². The molecule has 3 rings (SSSR count). The first-order valence-corrected chi connectivity index (χ1v) is 8.60. The molecule has 0 aromatic heterocycles. The Balaban J connectivity index is 1.75. The van der Waals surface area contributed by atoms with Crippen LogP contribution in [-0.2, 0) is 15.0 Å². The van der Waals surface area contributed by atoms with Crippen LogP contribution in [0, 0.1) is 6.92 Å². The summed E-state index contributed by atoms with van der Waals surface area (Å²) in [4.78, 5) is 26.0. The Labute approximate surface area is 153 Å². The maximum atomic E-state index is 12.4. The number of para-hydroxylation sites is 2. The van der Waals surface area contributed by atoms with Gasteiger partial charge in [0.25, 0.3) is 5.91 Å². The third-order valence-corrected chi connectivity index (χ3v) is 4.36. The molecule has 136 valence electrons. The van der Waals surface area contributed by atoms with E-state index < -0.39 is 5.97 Å². The van der Waals surface area contributed by atoms with Gasteiger partial charge in [-0.25, -0.2) is 4.79 Å². The molecule has 0 spiro atoms. The Morgan fingerprint density at radius 1 is 1.19 bits per heavy atom. The van der Waals surface area contributed by atoms with E-state index >= 15 is 0 Å². The first-order valence-electron chi connectivity index (χ1n) is 8.60. The lowest BCUT2D eigenvalue weighted by Crippen LogP contribution is -2.43. The SMILES string of the molecule is Cc1cc(C(C)(C)C)ccc1OC(=O)CN1C(=O)COc2ccccc21. The van der Waals surface area contributed by atoms with Gasteiger partial charge < -0.3 is 9.47 Å². The smallest absolute Gasteiger partial charge is 0.331 e. The summed E-state index contributed by atoms with van der Waals surface area (Å²) in [6.07, 6.45) is 0. The van der Waals surface area contributed by atoms with E-state index in [1.807, 2.05) is 31.2 Å². The molecule has 0 radical (unpaired) electrons. The van der Waals surface area contributed by atoms with E-state index in [4.69, 9.17) is 9.47 Å². The van der Waals surface area contributed by atoms with Crippen molar-refractivity contribution in [2.75, 3.05) is 18.1 Å². The predicted molar refractivity (Wildman–Crippen MR) is 99.8 cm³/mol. The first kappa shape index (κ1) is 18.0. The van der Waals surface area contributed by atoms with E-state index in [9.17, 15) is 9.59 Å². The summed E-state index contributed by atoms with van der Waals surface area (Å²) in [5, 5.41) is 0. The molecule has 1 aliphatic heterocycles. The van der Waals surface area contributed by atoms with Crippen molar-refractivity contribution in [2.45, 2.75) is 33.1 Å². The molecule has 1 amide bonds. The number of aryl methyl sites for hydroxylation is 1. The van der Waals surface area contributed by atoms with E-state index in [2.05, 4.69) is 20.8 Å². The van der Waals surface area contributed by atoms with Crippen molar-refractivity contribution >= 4 is 17.6 Å². The van der Waals surface area contributed by atoms with E-state index in [1.54, 1.807) is 18.2 Å². The minimum Gasteiger partial charge on any atom is -0.482 e. The number of benzene rings is 2. The molecule has 0 fully saturated rings. The molecular formula is C21H23NO4. The van der Waals surface area contributed by atoms with Crippen LogP contribution < -0.4 is 14.4 Å². The predicted octanol–water partition coefficient (Wildman–Crippen LogP) is 3.62. The van der Waals surface area contributed by atoms with Crippen molar-refractivity contribution in [3.05, 3.63) is 53.6 Å². The van der Waals surface area contributed by atoms with Crippen LogP contribution in [0.1, 0.15) is 31.9 Å². The minimum atomic E-state index is -0.485. The average molecular weight is 353 g/mol. The molecule has 0 bridgehead atoms. The molecule has 5 nitrogen and oxygen atoms in total.